The number of aromatic nitrogens is 6. The second-order valence-electron chi connectivity index (χ2n) is 12.4. The van der Waals surface area contributed by atoms with Gasteiger partial charge in [0, 0.05) is 45.1 Å². The van der Waals surface area contributed by atoms with Gasteiger partial charge in [-0.15, -0.1) is 0 Å². The summed E-state index contributed by atoms with van der Waals surface area (Å²) >= 11 is 0. The fraction of sp³-hybridized carbons (Fsp3) is 0. The molecule has 6 nitrogen and oxygen atoms in total. The van der Waals surface area contributed by atoms with E-state index < -0.39 is 0 Å². The molecule has 6 heteroatoms. The Morgan fingerprint density at radius 2 is 0.980 bits per heavy atom. The van der Waals surface area contributed by atoms with Gasteiger partial charge in [0.2, 0.25) is 5.95 Å². The van der Waals surface area contributed by atoms with Crippen molar-refractivity contribution in [2.45, 2.75) is 0 Å². The Morgan fingerprint density at radius 1 is 0.380 bits per heavy atom. The lowest BCUT2D eigenvalue weighted by atomic mass is 10.0. The van der Waals surface area contributed by atoms with Crippen LogP contribution in [-0.4, -0.2) is 29.1 Å². The Hall–Kier alpha value is -6.92. The molecule has 0 radical (unpaired) electrons. The molecule has 0 bridgehead atoms. The largest absolute Gasteiger partial charge is 0.308 e. The van der Waals surface area contributed by atoms with E-state index in [9.17, 15) is 0 Å². The van der Waals surface area contributed by atoms with Gasteiger partial charge in [-0.2, -0.15) is 9.97 Å². The third kappa shape index (κ3) is 4.43. The summed E-state index contributed by atoms with van der Waals surface area (Å²) in [4.78, 5) is 20.1. The predicted octanol–water partition coefficient (Wildman–Crippen LogP) is 10.5. The number of nitrogens with zero attached hydrogens (tertiary/aromatic N) is 6. The van der Waals surface area contributed by atoms with Gasteiger partial charge < -0.3 is 4.57 Å². The maximum atomic E-state index is 5.30. The monoisotopic (exact) mass is 640 g/mol. The second-order valence-corrected chi connectivity index (χ2v) is 12.4. The summed E-state index contributed by atoms with van der Waals surface area (Å²) in [5, 5.41) is 4.53. The van der Waals surface area contributed by atoms with Crippen molar-refractivity contribution in [2.75, 3.05) is 0 Å². The summed E-state index contributed by atoms with van der Waals surface area (Å²) in [7, 11) is 0. The molecule has 4 heterocycles. The highest BCUT2D eigenvalue weighted by Gasteiger charge is 2.21. The molecular weight excluding hydrogens is 613 g/mol. The van der Waals surface area contributed by atoms with Gasteiger partial charge >= 0.3 is 0 Å². The number of benzene rings is 6. The highest BCUT2D eigenvalue weighted by Crippen LogP contribution is 2.37. The van der Waals surface area contributed by atoms with Crippen molar-refractivity contribution < 1.29 is 0 Å². The molecule has 0 aliphatic rings. The maximum absolute atomic E-state index is 5.30. The van der Waals surface area contributed by atoms with Crippen molar-refractivity contribution in [3.8, 4) is 45.5 Å². The van der Waals surface area contributed by atoms with Crippen LogP contribution >= 0.6 is 0 Å². The summed E-state index contributed by atoms with van der Waals surface area (Å²) in [6.07, 6.45) is 3.79. The summed E-state index contributed by atoms with van der Waals surface area (Å²) in [6.45, 7) is 0. The van der Waals surface area contributed by atoms with Crippen LogP contribution in [0, 0.1) is 0 Å². The Labute approximate surface area is 287 Å². The first-order valence-electron chi connectivity index (χ1n) is 16.7. The first kappa shape index (κ1) is 28.1. The van der Waals surface area contributed by atoms with E-state index in [1.165, 1.54) is 5.56 Å². The standard InChI is InChI=1S/C44H28N6/c1-3-13-29(14-4-1)31-23-24-40-35(27-31)32-17-7-11-21-38(32)50(40)44-47-42(30-15-5-2-6-16-30)46-43(48-44)34-19-9-12-22-39(34)49-37-20-10-8-18-33(37)36-28-45-26-25-41(36)49/h1-28H. The van der Waals surface area contributed by atoms with E-state index in [1.807, 2.05) is 54.9 Å². The normalized spacial score (nSPS) is 11.6. The van der Waals surface area contributed by atoms with Crippen LogP contribution in [0.25, 0.3) is 89.2 Å². The van der Waals surface area contributed by atoms with Crippen LogP contribution in [0.15, 0.2) is 170 Å². The Morgan fingerprint density at radius 3 is 1.78 bits per heavy atom. The molecule has 234 valence electrons. The van der Waals surface area contributed by atoms with Crippen molar-refractivity contribution >= 4 is 43.6 Å². The smallest absolute Gasteiger partial charge is 0.238 e. The molecule has 10 aromatic rings. The third-order valence-corrected chi connectivity index (χ3v) is 9.50. The molecule has 6 aromatic carbocycles. The quantitative estimate of drug-likeness (QED) is 0.188. The number of pyridine rings is 1. The van der Waals surface area contributed by atoms with Gasteiger partial charge in [-0.3, -0.25) is 9.55 Å². The van der Waals surface area contributed by atoms with Crippen LogP contribution in [0.1, 0.15) is 0 Å². The van der Waals surface area contributed by atoms with Crippen LogP contribution in [0.4, 0.5) is 0 Å². The molecule has 0 N–H and O–H groups in total. The molecule has 0 unspecified atom stereocenters. The highest BCUT2D eigenvalue weighted by atomic mass is 15.2. The summed E-state index contributed by atoms with van der Waals surface area (Å²) in [5.41, 5.74) is 9.38. The van der Waals surface area contributed by atoms with E-state index in [4.69, 9.17) is 15.0 Å². The summed E-state index contributed by atoms with van der Waals surface area (Å²) in [6, 6.07) is 54.6. The lowest BCUT2D eigenvalue weighted by Gasteiger charge is -2.15. The average Bonchev–Trinajstić information content (AvgIpc) is 3.71. The molecule has 10 rings (SSSR count). The van der Waals surface area contributed by atoms with Gasteiger partial charge in [-0.05, 0) is 53.6 Å². The van der Waals surface area contributed by atoms with Gasteiger partial charge in [0.05, 0.1) is 27.8 Å². The molecule has 0 saturated heterocycles. The van der Waals surface area contributed by atoms with E-state index >= 15 is 0 Å². The van der Waals surface area contributed by atoms with Crippen molar-refractivity contribution in [1.82, 2.24) is 29.1 Å². The van der Waals surface area contributed by atoms with E-state index in [0.29, 0.717) is 17.6 Å². The van der Waals surface area contributed by atoms with Gasteiger partial charge in [0.25, 0.3) is 0 Å². The summed E-state index contributed by atoms with van der Waals surface area (Å²) in [5.74, 6) is 1.77. The minimum Gasteiger partial charge on any atom is -0.308 e. The first-order valence-corrected chi connectivity index (χ1v) is 16.7. The highest BCUT2D eigenvalue weighted by molar-refractivity contribution is 6.11. The molecule has 0 amide bonds. The van der Waals surface area contributed by atoms with Crippen LogP contribution in [0.5, 0.6) is 0 Å². The van der Waals surface area contributed by atoms with Gasteiger partial charge in [0.15, 0.2) is 11.6 Å². The molecular formula is C44H28N6. The van der Waals surface area contributed by atoms with Crippen molar-refractivity contribution in [2.24, 2.45) is 0 Å². The predicted molar refractivity (Wildman–Crippen MR) is 203 cm³/mol. The molecule has 0 fully saturated rings. The lowest BCUT2D eigenvalue weighted by Crippen LogP contribution is -2.07. The van der Waals surface area contributed by atoms with Crippen molar-refractivity contribution in [3.63, 3.8) is 0 Å². The summed E-state index contributed by atoms with van der Waals surface area (Å²) < 4.78 is 4.46. The number of hydrogen-bond acceptors (Lipinski definition) is 4. The van der Waals surface area contributed by atoms with E-state index in [0.717, 1.165) is 66.0 Å². The maximum Gasteiger partial charge on any atom is 0.238 e. The Bertz CT molecular complexity index is 2820. The zero-order valence-electron chi connectivity index (χ0n) is 26.8. The number of para-hydroxylation sites is 3. The minimum absolute atomic E-state index is 0.564. The van der Waals surface area contributed by atoms with Crippen molar-refractivity contribution in [3.05, 3.63) is 170 Å². The van der Waals surface area contributed by atoms with Crippen LogP contribution in [0.2, 0.25) is 0 Å². The Kier molecular flexibility index (Phi) is 6.39. The third-order valence-electron chi connectivity index (χ3n) is 9.50. The van der Waals surface area contributed by atoms with Crippen LogP contribution < -0.4 is 0 Å². The van der Waals surface area contributed by atoms with Gasteiger partial charge in [0.1, 0.15) is 0 Å². The zero-order chi connectivity index (χ0) is 33.0. The van der Waals surface area contributed by atoms with Crippen LogP contribution in [-0.2, 0) is 0 Å². The first-order chi connectivity index (χ1) is 24.8. The number of fused-ring (bicyclic) bond motifs is 6. The van der Waals surface area contributed by atoms with E-state index in [1.54, 1.807) is 0 Å². The number of rotatable bonds is 5. The fourth-order valence-corrected chi connectivity index (χ4v) is 7.23. The molecule has 4 aromatic heterocycles. The molecule has 0 spiro atoms. The molecule has 0 aliphatic carbocycles. The zero-order valence-corrected chi connectivity index (χ0v) is 26.8. The van der Waals surface area contributed by atoms with Crippen molar-refractivity contribution in [1.29, 1.82) is 0 Å². The second kappa shape index (κ2) is 11.4. The topological polar surface area (TPSA) is 61.4 Å². The number of hydrogen-bond donors (Lipinski definition) is 0. The average molecular weight is 641 g/mol. The van der Waals surface area contributed by atoms with Gasteiger partial charge in [-0.1, -0.05) is 115 Å². The molecule has 0 aliphatic heterocycles. The SMILES string of the molecule is c1ccc(-c2ccc3c(c2)c2ccccc2n3-c2nc(-c3ccccc3)nc(-c3ccccc3-n3c4ccccc4c4cnccc43)n2)cc1. The lowest BCUT2D eigenvalue weighted by molar-refractivity contribution is 0.951. The van der Waals surface area contributed by atoms with Crippen LogP contribution in [0.3, 0.4) is 0 Å². The van der Waals surface area contributed by atoms with E-state index in [-0.39, 0.29) is 0 Å². The van der Waals surface area contributed by atoms with Gasteiger partial charge in [-0.25, -0.2) is 4.98 Å². The van der Waals surface area contributed by atoms with E-state index in [2.05, 4.69) is 129 Å². The Balaban J connectivity index is 1.25. The molecule has 50 heavy (non-hydrogen) atoms. The molecule has 0 atom stereocenters. The molecule has 0 saturated carbocycles. The minimum atomic E-state index is 0.564. The fourth-order valence-electron chi connectivity index (χ4n) is 7.23.